The van der Waals surface area contributed by atoms with Crippen molar-refractivity contribution in [2.24, 2.45) is 4.99 Å². The van der Waals surface area contributed by atoms with Crippen LogP contribution in [0.3, 0.4) is 0 Å². The molecule has 0 bridgehead atoms. The van der Waals surface area contributed by atoms with Crippen LogP contribution in [0.2, 0.25) is 0 Å². The van der Waals surface area contributed by atoms with E-state index in [4.69, 9.17) is 16.3 Å². The molecule has 11 heteroatoms. The lowest BCUT2D eigenvalue weighted by atomic mass is 9.98. The minimum Gasteiger partial charge on any atom is -0.430 e. The topological polar surface area (TPSA) is 123 Å². The third kappa shape index (κ3) is 5.35. The van der Waals surface area contributed by atoms with Crippen LogP contribution in [0.25, 0.3) is 22.5 Å². The third-order valence-corrected chi connectivity index (χ3v) is 4.73. The molecule has 0 unspecified atom stereocenters. The number of aromatic amines is 1. The molecule has 164 valence electrons. The van der Waals surface area contributed by atoms with E-state index in [0.29, 0.717) is 12.4 Å². The van der Waals surface area contributed by atoms with Gasteiger partial charge < -0.3 is 14.4 Å². The normalized spacial score (nSPS) is 11.3. The van der Waals surface area contributed by atoms with Crippen LogP contribution in [0.5, 0.6) is 0 Å². The van der Waals surface area contributed by atoms with E-state index in [-0.39, 0.29) is 17.3 Å². The van der Waals surface area contributed by atoms with Gasteiger partial charge in [0.15, 0.2) is 10.9 Å². The zero-order chi connectivity index (χ0) is 22.9. The maximum absolute atomic E-state index is 12.3. The Kier molecular flexibility index (Phi) is 7.65. The minimum absolute atomic E-state index is 0.0114. The Hall–Kier alpha value is -4.05. The number of aromatic nitrogens is 4. The Morgan fingerprint density at radius 1 is 1.22 bits per heavy atom. The summed E-state index contributed by atoms with van der Waals surface area (Å²) in [6.45, 7) is 3.32. The van der Waals surface area contributed by atoms with Crippen molar-refractivity contribution in [1.82, 2.24) is 25.5 Å². The van der Waals surface area contributed by atoms with Crippen molar-refractivity contribution in [2.75, 3.05) is 13.8 Å². The molecule has 10 nitrogen and oxygen atoms in total. The number of hydrogen-bond acceptors (Lipinski definition) is 9. The van der Waals surface area contributed by atoms with Crippen LogP contribution in [0.1, 0.15) is 5.56 Å². The van der Waals surface area contributed by atoms with Gasteiger partial charge in [0.25, 0.3) is 6.47 Å². The van der Waals surface area contributed by atoms with Crippen molar-refractivity contribution in [3.8, 4) is 22.5 Å². The number of rotatable bonds is 10. The van der Waals surface area contributed by atoms with Gasteiger partial charge in [0, 0.05) is 19.2 Å². The number of tetrazole rings is 1. The first-order valence-corrected chi connectivity index (χ1v) is 9.65. The lowest BCUT2D eigenvalue weighted by Crippen LogP contribution is -2.26. The van der Waals surface area contributed by atoms with Gasteiger partial charge in [-0.25, -0.2) is 9.79 Å². The maximum Gasteiger partial charge on any atom is 0.360 e. The molecule has 2 aromatic carbocycles. The number of nitrogens with zero attached hydrogens (tertiary/aromatic N) is 5. The Balaban J connectivity index is 1.79. The second-order valence-electron chi connectivity index (χ2n) is 6.44. The van der Waals surface area contributed by atoms with E-state index in [9.17, 15) is 9.59 Å². The number of esters is 1. The molecule has 32 heavy (non-hydrogen) atoms. The standard InChI is InChI=1S/C21H19ClN6O4/c1-23-19(22)18(21(30)32-13-31-12-29)28(2)11-14-7-9-15(10-8-14)16-5-3-4-6-17(16)20-24-26-27-25-20/h3-10,12H,1,11,13H2,2H3,(H,24,25,26,27)/b19-18-. The second-order valence-corrected chi connectivity index (χ2v) is 6.80. The summed E-state index contributed by atoms with van der Waals surface area (Å²) < 4.78 is 9.26. The molecule has 0 aliphatic carbocycles. The van der Waals surface area contributed by atoms with Crippen LogP contribution < -0.4 is 0 Å². The van der Waals surface area contributed by atoms with Crippen LogP contribution in [0, 0.1) is 0 Å². The van der Waals surface area contributed by atoms with Crippen LogP contribution >= 0.6 is 11.6 Å². The van der Waals surface area contributed by atoms with Gasteiger partial charge >= 0.3 is 5.97 Å². The number of halogens is 1. The van der Waals surface area contributed by atoms with Crippen molar-refractivity contribution >= 4 is 30.8 Å². The van der Waals surface area contributed by atoms with E-state index in [1.54, 1.807) is 11.9 Å². The highest BCUT2D eigenvalue weighted by atomic mass is 35.5. The van der Waals surface area contributed by atoms with Gasteiger partial charge in [-0.05, 0) is 28.6 Å². The molecule has 0 fully saturated rings. The monoisotopic (exact) mass is 454 g/mol. The zero-order valence-corrected chi connectivity index (χ0v) is 17.8. The van der Waals surface area contributed by atoms with Gasteiger partial charge in [-0.3, -0.25) is 4.79 Å². The molecule has 3 rings (SSSR count). The number of H-pyrrole nitrogens is 1. The minimum atomic E-state index is -0.794. The number of likely N-dealkylation sites (N-methyl/N-ethyl adjacent to an activating group) is 1. The van der Waals surface area contributed by atoms with Gasteiger partial charge in [0.1, 0.15) is 0 Å². The highest BCUT2D eigenvalue weighted by Gasteiger charge is 2.21. The summed E-state index contributed by atoms with van der Waals surface area (Å²) in [4.78, 5) is 27.8. The SMILES string of the molecule is C=N/C(Cl)=C(/C(=O)OCOC=O)N(C)Cc1ccc(-c2ccccc2-c2nn[nH]n2)cc1. The fraction of sp³-hybridized carbons (Fsp3) is 0.143. The fourth-order valence-corrected chi connectivity index (χ4v) is 3.23. The first-order chi connectivity index (χ1) is 15.5. The van der Waals surface area contributed by atoms with Crippen molar-refractivity contribution in [1.29, 1.82) is 0 Å². The van der Waals surface area contributed by atoms with Crippen LogP contribution in [0.15, 0.2) is 64.4 Å². The van der Waals surface area contributed by atoms with E-state index >= 15 is 0 Å². The summed E-state index contributed by atoms with van der Waals surface area (Å²) in [5.74, 6) is -0.291. The number of aliphatic imine (C=N–C) groups is 1. The number of carbonyl (C=O) groups is 2. The molecule has 0 radical (unpaired) electrons. The van der Waals surface area contributed by atoms with Gasteiger partial charge in [0.05, 0.1) is 0 Å². The Bertz CT molecular complexity index is 1120. The van der Waals surface area contributed by atoms with Crippen molar-refractivity contribution in [3.05, 3.63) is 64.9 Å². The largest absolute Gasteiger partial charge is 0.430 e. The van der Waals surface area contributed by atoms with E-state index in [2.05, 4.69) is 37.1 Å². The molecule has 0 amide bonds. The molecular weight excluding hydrogens is 436 g/mol. The Labute approximate surface area is 188 Å². The molecule has 0 saturated heterocycles. The Morgan fingerprint density at radius 3 is 2.56 bits per heavy atom. The molecule has 0 aliphatic rings. The number of nitrogens with one attached hydrogen (secondary N) is 1. The van der Waals surface area contributed by atoms with Crippen molar-refractivity contribution in [3.63, 3.8) is 0 Å². The number of ether oxygens (including phenoxy) is 2. The van der Waals surface area contributed by atoms with Crippen LogP contribution in [-0.4, -0.2) is 58.5 Å². The average molecular weight is 455 g/mol. The first kappa shape index (κ1) is 22.6. The number of hydrogen-bond donors (Lipinski definition) is 1. The highest BCUT2D eigenvalue weighted by molar-refractivity contribution is 6.31. The summed E-state index contributed by atoms with van der Waals surface area (Å²) in [6, 6.07) is 15.5. The molecule has 1 aromatic heterocycles. The lowest BCUT2D eigenvalue weighted by Gasteiger charge is -2.22. The van der Waals surface area contributed by atoms with E-state index in [0.717, 1.165) is 22.3 Å². The van der Waals surface area contributed by atoms with Gasteiger partial charge in [-0.2, -0.15) is 5.21 Å². The predicted molar refractivity (Wildman–Crippen MR) is 117 cm³/mol. The second kappa shape index (κ2) is 10.8. The molecule has 0 spiro atoms. The average Bonchev–Trinajstić information content (AvgIpc) is 3.34. The molecule has 1 N–H and O–H groups in total. The predicted octanol–water partition coefficient (Wildman–Crippen LogP) is 2.75. The molecular formula is C21H19ClN6O4. The quantitative estimate of drug-likeness (QED) is 0.0943. The van der Waals surface area contributed by atoms with E-state index in [1.165, 1.54) is 0 Å². The summed E-state index contributed by atoms with van der Waals surface area (Å²) >= 11 is 6.05. The third-order valence-electron chi connectivity index (χ3n) is 4.43. The first-order valence-electron chi connectivity index (χ1n) is 9.27. The summed E-state index contributed by atoms with van der Waals surface area (Å²) in [7, 11) is 1.66. The van der Waals surface area contributed by atoms with Gasteiger partial charge in [-0.1, -0.05) is 60.1 Å². The van der Waals surface area contributed by atoms with Gasteiger partial charge in [-0.15, -0.1) is 10.2 Å². The summed E-state index contributed by atoms with van der Waals surface area (Å²) in [6.07, 6.45) is 0. The molecule has 0 saturated carbocycles. The van der Waals surface area contributed by atoms with Crippen LogP contribution in [-0.2, 0) is 25.6 Å². The van der Waals surface area contributed by atoms with E-state index in [1.807, 2.05) is 48.5 Å². The smallest absolute Gasteiger partial charge is 0.360 e. The fourth-order valence-electron chi connectivity index (χ4n) is 3.00. The molecule has 1 heterocycles. The summed E-state index contributed by atoms with van der Waals surface area (Å²) in [5.41, 5.74) is 3.65. The molecule has 0 atom stereocenters. The maximum atomic E-state index is 12.3. The summed E-state index contributed by atoms with van der Waals surface area (Å²) in [5, 5.41) is 14.1. The number of benzene rings is 2. The van der Waals surface area contributed by atoms with E-state index < -0.39 is 12.8 Å². The van der Waals surface area contributed by atoms with Gasteiger partial charge in [0.2, 0.25) is 12.6 Å². The molecule has 3 aromatic rings. The lowest BCUT2D eigenvalue weighted by molar-refractivity contribution is -0.157. The zero-order valence-electron chi connectivity index (χ0n) is 17.1. The highest BCUT2D eigenvalue weighted by Crippen LogP contribution is 2.30. The Morgan fingerprint density at radius 2 is 1.94 bits per heavy atom. The number of carbonyl (C=O) groups excluding carboxylic acids is 2. The van der Waals surface area contributed by atoms with Crippen LogP contribution in [0.4, 0.5) is 0 Å². The van der Waals surface area contributed by atoms with Crippen molar-refractivity contribution < 1.29 is 19.1 Å². The molecule has 0 aliphatic heterocycles. The van der Waals surface area contributed by atoms with Crippen molar-refractivity contribution in [2.45, 2.75) is 6.54 Å².